The Kier molecular flexibility index (Phi) is 4.34. The molecule has 22 heavy (non-hydrogen) atoms. The number of rotatable bonds is 3. The van der Waals surface area contributed by atoms with Gasteiger partial charge in [0.2, 0.25) is 5.91 Å². The van der Waals surface area contributed by atoms with Gasteiger partial charge in [-0.3, -0.25) is 4.79 Å². The Balaban J connectivity index is 1.75. The van der Waals surface area contributed by atoms with E-state index in [9.17, 15) is 4.79 Å². The molecule has 0 spiro atoms. The van der Waals surface area contributed by atoms with Gasteiger partial charge in [0, 0.05) is 32.1 Å². The molecule has 118 valence electrons. The Bertz CT molecular complexity index is 672. The number of nitrogens with zero attached hydrogens (tertiary/aromatic N) is 3. The van der Waals surface area contributed by atoms with Crippen molar-refractivity contribution in [3.63, 3.8) is 0 Å². The third kappa shape index (κ3) is 2.82. The van der Waals surface area contributed by atoms with E-state index < -0.39 is 0 Å². The maximum Gasteiger partial charge on any atom is 0.225 e. The van der Waals surface area contributed by atoms with Crippen molar-refractivity contribution in [1.29, 1.82) is 0 Å². The topological polar surface area (TPSA) is 36.4 Å². The van der Waals surface area contributed by atoms with Gasteiger partial charge in [-0.2, -0.15) is 0 Å². The fraction of sp³-hybridized carbons (Fsp3) is 0.529. The van der Waals surface area contributed by atoms with E-state index in [1.54, 1.807) is 11.3 Å². The minimum atomic E-state index is 0.0844. The Morgan fingerprint density at radius 2 is 2.00 bits per heavy atom. The summed E-state index contributed by atoms with van der Waals surface area (Å²) in [5, 5.41) is 1.09. The molecule has 0 saturated carbocycles. The Labute approximate surface area is 135 Å². The van der Waals surface area contributed by atoms with Crippen molar-refractivity contribution in [2.75, 3.05) is 31.1 Å². The maximum atomic E-state index is 12.1. The second-order valence-corrected chi connectivity index (χ2v) is 7.09. The largest absolute Gasteiger partial charge is 0.345 e. The molecule has 3 rings (SSSR count). The van der Waals surface area contributed by atoms with Gasteiger partial charge in [-0.25, -0.2) is 4.98 Å². The molecule has 2 aromatic rings. The highest BCUT2D eigenvalue weighted by Crippen LogP contribution is 2.31. The first-order valence-electron chi connectivity index (χ1n) is 8.02. The van der Waals surface area contributed by atoms with Crippen molar-refractivity contribution in [3.05, 3.63) is 23.8 Å². The monoisotopic (exact) mass is 317 g/mol. The summed E-state index contributed by atoms with van der Waals surface area (Å²) in [6.45, 7) is 9.45. The molecule has 0 aliphatic carbocycles. The molecule has 1 fully saturated rings. The van der Waals surface area contributed by atoms with Crippen LogP contribution in [0.3, 0.4) is 0 Å². The van der Waals surface area contributed by atoms with Crippen LogP contribution >= 0.6 is 11.3 Å². The number of thiazole rings is 1. The zero-order chi connectivity index (χ0) is 15.7. The average molecular weight is 317 g/mol. The molecule has 0 bridgehead atoms. The van der Waals surface area contributed by atoms with Gasteiger partial charge in [0.05, 0.1) is 10.2 Å². The van der Waals surface area contributed by atoms with Crippen LogP contribution in [0.4, 0.5) is 5.13 Å². The minimum absolute atomic E-state index is 0.0844. The molecule has 0 unspecified atom stereocenters. The number of carbonyl (C=O) groups excluding carboxylic acids is 1. The second kappa shape index (κ2) is 6.24. The number of para-hydroxylation sites is 1. The van der Waals surface area contributed by atoms with E-state index in [4.69, 9.17) is 4.98 Å². The molecule has 2 heterocycles. The summed E-state index contributed by atoms with van der Waals surface area (Å²) in [5.41, 5.74) is 2.46. The first kappa shape index (κ1) is 15.3. The number of aryl methyl sites for hydroxylation is 1. The summed E-state index contributed by atoms with van der Waals surface area (Å²) < 4.78 is 1.26. The fourth-order valence-electron chi connectivity index (χ4n) is 2.90. The normalized spacial score (nSPS) is 15.8. The van der Waals surface area contributed by atoms with Gasteiger partial charge in [-0.15, -0.1) is 0 Å². The zero-order valence-corrected chi connectivity index (χ0v) is 14.3. The van der Waals surface area contributed by atoms with Crippen molar-refractivity contribution >= 4 is 32.6 Å². The summed E-state index contributed by atoms with van der Waals surface area (Å²) in [5.74, 6) is 0.346. The number of anilines is 1. The number of carbonyl (C=O) groups is 1. The number of hydrogen-bond donors (Lipinski definition) is 0. The number of piperazine rings is 1. The van der Waals surface area contributed by atoms with E-state index in [1.165, 1.54) is 10.3 Å². The van der Waals surface area contributed by atoms with Gasteiger partial charge in [-0.1, -0.05) is 44.2 Å². The van der Waals surface area contributed by atoms with Crippen LogP contribution in [0.2, 0.25) is 0 Å². The van der Waals surface area contributed by atoms with E-state index in [2.05, 4.69) is 30.0 Å². The fourth-order valence-corrected chi connectivity index (χ4v) is 3.96. The molecule has 0 radical (unpaired) electrons. The van der Waals surface area contributed by atoms with E-state index in [1.807, 2.05) is 18.7 Å². The number of fused-ring (bicyclic) bond motifs is 1. The Hall–Kier alpha value is -1.62. The molecular formula is C17H23N3OS. The van der Waals surface area contributed by atoms with E-state index >= 15 is 0 Å². The predicted molar refractivity (Wildman–Crippen MR) is 92.6 cm³/mol. The van der Waals surface area contributed by atoms with Crippen molar-refractivity contribution in [3.8, 4) is 0 Å². The van der Waals surface area contributed by atoms with E-state index in [0.29, 0.717) is 0 Å². The highest BCUT2D eigenvalue weighted by Gasteiger charge is 2.24. The lowest BCUT2D eigenvalue weighted by Gasteiger charge is -2.35. The summed E-state index contributed by atoms with van der Waals surface area (Å²) in [4.78, 5) is 21.2. The maximum absolute atomic E-state index is 12.1. The second-order valence-electron chi connectivity index (χ2n) is 6.08. The van der Waals surface area contributed by atoms with Gasteiger partial charge in [-0.05, 0) is 18.1 Å². The Morgan fingerprint density at radius 1 is 1.27 bits per heavy atom. The molecule has 0 atom stereocenters. The van der Waals surface area contributed by atoms with Crippen LogP contribution in [0.5, 0.6) is 0 Å². The summed E-state index contributed by atoms with van der Waals surface area (Å²) in [6.07, 6.45) is 1.01. The standard InChI is InChI=1S/C17H23N3OS/c1-4-13-6-5-7-14-15(13)18-17(22-14)20-10-8-19(9-11-20)16(21)12(2)3/h5-7,12H,4,8-11H2,1-3H3. The molecule has 4 nitrogen and oxygen atoms in total. The van der Waals surface area contributed by atoms with Gasteiger partial charge >= 0.3 is 0 Å². The van der Waals surface area contributed by atoms with Crippen molar-refractivity contribution in [1.82, 2.24) is 9.88 Å². The number of hydrogen-bond acceptors (Lipinski definition) is 4. The summed E-state index contributed by atoms with van der Waals surface area (Å²) in [7, 11) is 0. The predicted octanol–water partition coefficient (Wildman–Crippen LogP) is 3.16. The van der Waals surface area contributed by atoms with Crippen molar-refractivity contribution in [2.45, 2.75) is 27.2 Å². The first-order chi connectivity index (χ1) is 10.6. The van der Waals surface area contributed by atoms with Crippen LogP contribution in [0.25, 0.3) is 10.2 Å². The third-order valence-electron chi connectivity index (χ3n) is 4.23. The van der Waals surface area contributed by atoms with E-state index in [-0.39, 0.29) is 11.8 Å². The van der Waals surface area contributed by atoms with Crippen LogP contribution in [0.1, 0.15) is 26.3 Å². The molecule has 1 aliphatic heterocycles. The molecule has 1 aromatic heterocycles. The number of aromatic nitrogens is 1. The molecular weight excluding hydrogens is 294 g/mol. The number of amides is 1. The van der Waals surface area contributed by atoms with Crippen LogP contribution in [-0.4, -0.2) is 42.0 Å². The SMILES string of the molecule is CCc1cccc2sc(N3CCN(C(=O)C(C)C)CC3)nc12. The summed E-state index contributed by atoms with van der Waals surface area (Å²) in [6, 6.07) is 6.42. The molecule has 5 heteroatoms. The van der Waals surface area contributed by atoms with Crippen molar-refractivity contribution < 1.29 is 4.79 Å². The average Bonchev–Trinajstić information content (AvgIpc) is 2.98. The molecule has 1 saturated heterocycles. The highest BCUT2D eigenvalue weighted by atomic mass is 32.1. The minimum Gasteiger partial charge on any atom is -0.345 e. The van der Waals surface area contributed by atoms with Crippen LogP contribution in [-0.2, 0) is 11.2 Å². The Morgan fingerprint density at radius 3 is 2.64 bits per heavy atom. The quantitative estimate of drug-likeness (QED) is 0.872. The third-order valence-corrected chi connectivity index (χ3v) is 5.31. The smallest absolute Gasteiger partial charge is 0.225 e. The molecule has 1 aromatic carbocycles. The molecule has 1 aliphatic rings. The first-order valence-corrected chi connectivity index (χ1v) is 8.84. The van der Waals surface area contributed by atoms with Crippen LogP contribution in [0.15, 0.2) is 18.2 Å². The van der Waals surface area contributed by atoms with Crippen LogP contribution < -0.4 is 4.90 Å². The number of benzene rings is 1. The van der Waals surface area contributed by atoms with Crippen LogP contribution in [0, 0.1) is 5.92 Å². The van der Waals surface area contributed by atoms with Gasteiger partial charge in [0.15, 0.2) is 5.13 Å². The highest BCUT2D eigenvalue weighted by molar-refractivity contribution is 7.22. The van der Waals surface area contributed by atoms with Gasteiger partial charge in [0.25, 0.3) is 0 Å². The zero-order valence-electron chi connectivity index (χ0n) is 13.5. The van der Waals surface area contributed by atoms with Crippen molar-refractivity contribution in [2.24, 2.45) is 5.92 Å². The lowest BCUT2D eigenvalue weighted by atomic mass is 10.1. The molecule has 0 N–H and O–H groups in total. The van der Waals surface area contributed by atoms with Gasteiger partial charge in [0.1, 0.15) is 0 Å². The molecule has 1 amide bonds. The van der Waals surface area contributed by atoms with Gasteiger partial charge < -0.3 is 9.80 Å². The van der Waals surface area contributed by atoms with E-state index in [0.717, 1.165) is 43.2 Å². The lowest BCUT2D eigenvalue weighted by molar-refractivity contribution is -0.134. The summed E-state index contributed by atoms with van der Waals surface area (Å²) >= 11 is 1.76. The lowest BCUT2D eigenvalue weighted by Crippen LogP contribution is -2.49.